The number of sulfonamides is 1. The standard InChI is InChI=1S/C14H16N4O5S2/c1-3-11(19)15-13-16-17-14(24-13)25(21,22)18-10-7-5-9(6-8-10)12(20)23-4-2/h5-8,18H,3-4H2,1-2H3,(H,15,16,19). The topological polar surface area (TPSA) is 127 Å². The highest BCUT2D eigenvalue weighted by Crippen LogP contribution is 2.23. The van der Waals surface area contributed by atoms with Gasteiger partial charge < -0.3 is 10.1 Å². The van der Waals surface area contributed by atoms with Crippen molar-refractivity contribution in [1.29, 1.82) is 0 Å². The molecule has 1 amide bonds. The van der Waals surface area contributed by atoms with Crippen LogP contribution in [0.2, 0.25) is 0 Å². The number of nitrogens with one attached hydrogen (secondary N) is 2. The Kier molecular flexibility index (Phi) is 6.04. The maximum Gasteiger partial charge on any atom is 0.338 e. The van der Waals surface area contributed by atoms with Crippen LogP contribution >= 0.6 is 11.3 Å². The normalized spacial score (nSPS) is 11.0. The molecule has 1 aromatic heterocycles. The molecule has 0 saturated carbocycles. The first kappa shape index (κ1) is 18.8. The molecule has 0 fully saturated rings. The molecule has 0 aliphatic heterocycles. The summed E-state index contributed by atoms with van der Waals surface area (Å²) in [7, 11) is -3.95. The minimum Gasteiger partial charge on any atom is -0.462 e. The molecule has 9 nitrogen and oxygen atoms in total. The third-order valence-corrected chi connectivity index (χ3v) is 5.44. The zero-order chi connectivity index (χ0) is 18.4. The summed E-state index contributed by atoms with van der Waals surface area (Å²) in [6.07, 6.45) is 0.243. The second kappa shape index (κ2) is 8.03. The van der Waals surface area contributed by atoms with Crippen LogP contribution in [0.5, 0.6) is 0 Å². The molecule has 0 radical (unpaired) electrons. The average Bonchev–Trinajstić information content (AvgIpc) is 3.04. The number of aromatic nitrogens is 2. The molecule has 1 heterocycles. The van der Waals surface area contributed by atoms with Crippen LogP contribution in [0, 0.1) is 0 Å². The summed E-state index contributed by atoms with van der Waals surface area (Å²) < 4.78 is 31.5. The highest BCUT2D eigenvalue weighted by molar-refractivity contribution is 7.94. The summed E-state index contributed by atoms with van der Waals surface area (Å²) in [6, 6.07) is 5.76. The fourth-order valence-corrected chi connectivity index (χ4v) is 3.64. The van der Waals surface area contributed by atoms with Crippen molar-refractivity contribution in [3.8, 4) is 0 Å². The van der Waals surface area contributed by atoms with Crippen molar-refractivity contribution in [3.63, 3.8) is 0 Å². The third kappa shape index (κ3) is 4.97. The number of ether oxygens (including phenoxy) is 1. The van der Waals surface area contributed by atoms with Crippen LogP contribution in [0.1, 0.15) is 30.6 Å². The average molecular weight is 384 g/mol. The van der Waals surface area contributed by atoms with Gasteiger partial charge in [-0.1, -0.05) is 18.3 Å². The van der Waals surface area contributed by atoms with Gasteiger partial charge in [0.1, 0.15) is 0 Å². The molecule has 0 atom stereocenters. The number of rotatable bonds is 7. The number of hydrogen-bond donors (Lipinski definition) is 2. The predicted octanol–water partition coefficient (Wildman–Crippen LogP) is 1.86. The molecule has 2 N–H and O–H groups in total. The van der Waals surface area contributed by atoms with Gasteiger partial charge in [-0.05, 0) is 31.2 Å². The van der Waals surface area contributed by atoms with E-state index in [-0.39, 0.29) is 34.1 Å². The predicted molar refractivity (Wildman–Crippen MR) is 92.0 cm³/mol. The Hall–Kier alpha value is -2.53. The second-order valence-corrected chi connectivity index (χ2v) is 7.51. The summed E-state index contributed by atoms with van der Waals surface area (Å²) in [5.41, 5.74) is 0.563. The molecule has 1 aromatic carbocycles. The second-order valence-electron chi connectivity index (χ2n) is 4.68. The maximum atomic E-state index is 12.3. The Balaban J connectivity index is 2.10. The number of anilines is 2. The maximum absolute atomic E-state index is 12.3. The number of nitrogens with zero attached hydrogens (tertiary/aromatic N) is 2. The van der Waals surface area contributed by atoms with Crippen molar-refractivity contribution in [2.24, 2.45) is 0 Å². The Labute approximate surface area is 148 Å². The van der Waals surface area contributed by atoms with Crippen molar-refractivity contribution in [3.05, 3.63) is 29.8 Å². The van der Waals surface area contributed by atoms with Crippen LogP contribution in [-0.2, 0) is 19.6 Å². The zero-order valence-electron chi connectivity index (χ0n) is 13.5. The van der Waals surface area contributed by atoms with E-state index in [2.05, 4.69) is 20.2 Å². The van der Waals surface area contributed by atoms with Crippen LogP contribution in [0.3, 0.4) is 0 Å². The summed E-state index contributed by atoms with van der Waals surface area (Å²) >= 11 is 0.739. The van der Waals surface area contributed by atoms with Gasteiger partial charge in [-0.3, -0.25) is 9.52 Å². The number of carbonyl (C=O) groups is 2. The SMILES string of the molecule is CCOC(=O)c1ccc(NS(=O)(=O)c2nnc(NC(=O)CC)s2)cc1. The minimum absolute atomic E-state index is 0.102. The summed E-state index contributed by atoms with van der Waals surface area (Å²) in [4.78, 5) is 22.9. The lowest BCUT2D eigenvalue weighted by molar-refractivity contribution is -0.115. The van der Waals surface area contributed by atoms with Crippen molar-refractivity contribution < 1.29 is 22.7 Å². The van der Waals surface area contributed by atoms with Gasteiger partial charge in [-0.2, -0.15) is 8.42 Å². The third-order valence-electron chi connectivity index (χ3n) is 2.85. The summed E-state index contributed by atoms with van der Waals surface area (Å²) in [5, 5.41) is 9.74. The van der Waals surface area contributed by atoms with E-state index in [0.717, 1.165) is 11.3 Å². The largest absolute Gasteiger partial charge is 0.462 e. The van der Waals surface area contributed by atoms with Crippen LogP contribution in [0.15, 0.2) is 28.6 Å². The van der Waals surface area contributed by atoms with Crippen LogP contribution in [-0.4, -0.2) is 37.1 Å². The number of carbonyl (C=O) groups excluding carboxylic acids is 2. The van der Waals surface area contributed by atoms with Crippen molar-refractivity contribution in [1.82, 2.24) is 10.2 Å². The molecular formula is C14H16N4O5S2. The van der Waals surface area contributed by atoms with E-state index < -0.39 is 16.0 Å². The van der Waals surface area contributed by atoms with Gasteiger partial charge in [0.25, 0.3) is 14.4 Å². The molecule has 0 unspecified atom stereocenters. The molecule has 0 aliphatic carbocycles. The molecule has 0 saturated heterocycles. The van der Waals surface area contributed by atoms with Crippen LogP contribution < -0.4 is 10.0 Å². The molecule has 0 aliphatic rings. The Morgan fingerprint density at radius 1 is 1.16 bits per heavy atom. The monoisotopic (exact) mass is 384 g/mol. The van der Waals surface area contributed by atoms with Crippen molar-refractivity contribution >= 4 is 44.1 Å². The molecule has 11 heteroatoms. The van der Waals surface area contributed by atoms with Gasteiger partial charge in [-0.25, -0.2) is 4.79 Å². The lowest BCUT2D eigenvalue weighted by Gasteiger charge is -2.06. The number of esters is 1. The smallest absolute Gasteiger partial charge is 0.338 e. The van der Waals surface area contributed by atoms with E-state index >= 15 is 0 Å². The van der Waals surface area contributed by atoms with Crippen LogP contribution in [0.4, 0.5) is 10.8 Å². The first-order valence-corrected chi connectivity index (χ1v) is 9.59. The summed E-state index contributed by atoms with van der Waals surface area (Å²) in [5.74, 6) is -0.778. The lowest BCUT2D eigenvalue weighted by Crippen LogP contribution is -2.13. The molecule has 2 aromatic rings. The van der Waals surface area contributed by atoms with Crippen molar-refractivity contribution in [2.45, 2.75) is 24.6 Å². The molecular weight excluding hydrogens is 368 g/mol. The van der Waals surface area contributed by atoms with Crippen LogP contribution in [0.25, 0.3) is 0 Å². The lowest BCUT2D eigenvalue weighted by atomic mass is 10.2. The Bertz CT molecular complexity index is 862. The molecule has 0 bridgehead atoms. The van der Waals surface area contributed by atoms with Gasteiger partial charge in [0.2, 0.25) is 11.0 Å². The van der Waals surface area contributed by atoms with E-state index in [1.54, 1.807) is 13.8 Å². The molecule has 0 spiro atoms. The quantitative estimate of drug-likeness (QED) is 0.551. The number of hydrogen-bond acceptors (Lipinski definition) is 8. The molecule has 25 heavy (non-hydrogen) atoms. The van der Waals surface area contributed by atoms with Gasteiger partial charge in [0.05, 0.1) is 12.2 Å². The van der Waals surface area contributed by atoms with Crippen molar-refractivity contribution in [2.75, 3.05) is 16.6 Å². The molecule has 2 rings (SSSR count). The first-order valence-electron chi connectivity index (χ1n) is 7.29. The van der Waals surface area contributed by atoms with Gasteiger partial charge in [0, 0.05) is 12.1 Å². The number of amides is 1. The van der Waals surface area contributed by atoms with Gasteiger partial charge in [0.15, 0.2) is 0 Å². The minimum atomic E-state index is -3.95. The fraction of sp³-hybridized carbons (Fsp3) is 0.286. The van der Waals surface area contributed by atoms with Gasteiger partial charge >= 0.3 is 5.97 Å². The van der Waals surface area contributed by atoms with Gasteiger partial charge in [-0.15, -0.1) is 10.2 Å². The van der Waals surface area contributed by atoms with E-state index in [0.29, 0.717) is 5.56 Å². The van der Waals surface area contributed by atoms with E-state index in [4.69, 9.17) is 4.74 Å². The summed E-state index contributed by atoms with van der Waals surface area (Å²) in [6.45, 7) is 3.61. The fourth-order valence-electron chi connectivity index (χ4n) is 1.66. The molecule has 134 valence electrons. The number of benzene rings is 1. The Morgan fingerprint density at radius 2 is 1.84 bits per heavy atom. The van der Waals surface area contributed by atoms with E-state index in [1.165, 1.54) is 24.3 Å². The highest BCUT2D eigenvalue weighted by atomic mass is 32.2. The Morgan fingerprint density at radius 3 is 2.44 bits per heavy atom. The zero-order valence-corrected chi connectivity index (χ0v) is 15.1. The van der Waals surface area contributed by atoms with E-state index in [9.17, 15) is 18.0 Å². The highest BCUT2D eigenvalue weighted by Gasteiger charge is 2.21. The first-order chi connectivity index (χ1) is 11.9. The van der Waals surface area contributed by atoms with E-state index in [1.807, 2.05) is 0 Å².